The molecule has 1 nitrogen and oxygen atoms in total. The van der Waals surface area contributed by atoms with Crippen LogP contribution >= 0.6 is 0 Å². The highest BCUT2D eigenvalue weighted by Crippen LogP contribution is 2.59. The van der Waals surface area contributed by atoms with Crippen LogP contribution in [0.5, 0.6) is 0 Å². The molecule has 0 aromatic heterocycles. The lowest BCUT2D eigenvalue weighted by atomic mass is 9.71. The van der Waals surface area contributed by atoms with Crippen molar-refractivity contribution < 1.29 is 0 Å². The van der Waals surface area contributed by atoms with Gasteiger partial charge in [0, 0.05) is 27.0 Å². The molecule has 0 bridgehead atoms. The molecule has 1 heteroatoms. The molecule has 1 aliphatic heterocycles. The first-order valence-corrected chi connectivity index (χ1v) is 27.6. The van der Waals surface area contributed by atoms with Crippen LogP contribution in [-0.2, 0) is 34.5 Å². The first kappa shape index (κ1) is 46.8. The third kappa shape index (κ3) is 6.41. The number of hydrogen-bond donors (Lipinski definition) is 0. The van der Waals surface area contributed by atoms with Crippen LogP contribution < -0.4 is 4.90 Å². The van der Waals surface area contributed by atoms with Crippen LogP contribution in [0.15, 0.2) is 158 Å². The molecule has 2 aliphatic carbocycles. The standard InChI is InChI=1S/C73H71N/c1-42(2)51-37-48-34-35-64(74-63-29-21-20-28-58(63)73(12,13)62-40-54-50-24-16-19-27-57(50)72(10,11)61(54)41-65(62)74)69-52(43(3)4)38-47-33-32-46(66(51)67(47)68(48)69)31-30-45-22-14-17-25-55(45)70(6,7)59-39-53-49-23-15-18-26-56(49)71(8,9)60(53)36-44(59)5/h14-29,32-43H,30-31H2,1-13H3. The summed E-state index contributed by atoms with van der Waals surface area (Å²) >= 11 is 0. The van der Waals surface area contributed by atoms with Gasteiger partial charge in [-0.1, -0.05) is 210 Å². The zero-order valence-corrected chi connectivity index (χ0v) is 46.0. The maximum atomic E-state index is 2.67. The fourth-order valence-electron chi connectivity index (χ4n) is 14.9. The van der Waals surface area contributed by atoms with E-state index in [4.69, 9.17) is 0 Å². The smallest absolute Gasteiger partial charge is 0.0543 e. The summed E-state index contributed by atoms with van der Waals surface area (Å²) in [5.74, 6) is 0.667. The minimum Gasteiger partial charge on any atom is -0.309 e. The highest BCUT2D eigenvalue weighted by atomic mass is 15.2. The summed E-state index contributed by atoms with van der Waals surface area (Å²) in [4.78, 5) is 2.67. The molecule has 0 fully saturated rings. The maximum Gasteiger partial charge on any atom is 0.0543 e. The highest BCUT2D eigenvalue weighted by Gasteiger charge is 2.43. The number of rotatable bonds is 8. The molecule has 0 saturated heterocycles. The van der Waals surface area contributed by atoms with Gasteiger partial charge < -0.3 is 4.90 Å². The van der Waals surface area contributed by atoms with Crippen molar-refractivity contribution in [3.05, 3.63) is 230 Å². The van der Waals surface area contributed by atoms with Crippen LogP contribution in [0.2, 0.25) is 0 Å². The Morgan fingerprint density at radius 2 is 0.905 bits per heavy atom. The molecule has 0 spiro atoms. The summed E-state index contributed by atoms with van der Waals surface area (Å²) in [6, 6.07) is 61.9. The predicted octanol–water partition coefficient (Wildman–Crippen LogP) is 20.0. The van der Waals surface area contributed by atoms with E-state index < -0.39 is 0 Å². The van der Waals surface area contributed by atoms with Crippen molar-refractivity contribution in [3.8, 4) is 22.3 Å². The minimum atomic E-state index is -0.206. The molecule has 0 unspecified atom stereocenters. The lowest BCUT2D eigenvalue weighted by molar-refractivity contribution is 0.622. The Bertz CT molecular complexity index is 3980. The van der Waals surface area contributed by atoms with E-state index in [-0.39, 0.29) is 21.7 Å². The average Bonchev–Trinajstić information content (AvgIpc) is 3.76. The maximum absolute atomic E-state index is 2.67. The quantitative estimate of drug-likeness (QED) is 0.137. The van der Waals surface area contributed by atoms with E-state index in [2.05, 4.69) is 253 Å². The van der Waals surface area contributed by atoms with E-state index in [1.54, 1.807) is 0 Å². The van der Waals surface area contributed by atoms with Crippen molar-refractivity contribution >= 4 is 49.4 Å². The molecule has 74 heavy (non-hydrogen) atoms. The lowest BCUT2D eigenvalue weighted by Crippen LogP contribution is -2.31. The number of benzene rings is 10. The van der Waals surface area contributed by atoms with Gasteiger partial charge in [0.25, 0.3) is 0 Å². The monoisotopic (exact) mass is 962 g/mol. The predicted molar refractivity (Wildman–Crippen MR) is 317 cm³/mol. The number of hydrogen-bond acceptors (Lipinski definition) is 1. The first-order chi connectivity index (χ1) is 35.3. The van der Waals surface area contributed by atoms with Gasteiger partial charge in [0.05, 0.1) is 17.1 Å². The molecule has 3 aliphatic rings. The molecule has 13 rings (SSSR count). The van der Waals surface area contributed by atoms with Crippen molar-refractivity contribution in [2.45, 2.75) is 136 Å². The zero-order chi connectivity index (χ0) is 51.5. The Kier molecular flexibility index (Phi) is 10.1. The Balaban J connectivity index is 0.978. The van der Waals surface area contributed by atoms with Gasteiger partial charge in [-0.2, -0.15) is 0 Å². The highest BCUT2D eigenvalue weighted by molar-refractivity contribution is 6.28. The van der Waals surface area contributed by atoms with Gasteiger partial charge in [-0.3, -0.25) is 0 Å². The van der Waals surface area contributed by atoms with Gasteiger partial charge in [0.1, 0.15) is 0 Å². The van der Waals surface area contributed by atoms with E-state index in [0.717, 1.165) is 12.8 Å². The van der Waals surface area contributed by atoms with E-state index >= 15 is 0 Å². The topological polar surface area (TPSA) is 3.24 Å². The number of nitrogens with zero attached hydrogens (tertiary/aromatic N) is 1. The summed E-state index contributed by atoms with van der Waals surface area (Å²) in [5.41, 5.74) is 27.2. The molecular formula is C73H71N. The Hall–Kier alpha value is -6.96. The van der Waals surface area contributed by atoms with Crippen molar-refractivity contribution in [2.75, 3.05) is 4.90 Å². The first-order valence-electron chi connectivity index (χ1n) is 27.6. The van der Waals surface area contributed by atoms with E-state index in [1.807, 2.05) is 0 Å². The molecule has 10 aromatic rings. The summed E-state index contributed by atoms with van der Waals surface area (Å²) in [6.45, 7) is 31.3. The second kappa shape index (κ2) is 16.0. The van der Waals surface area contributed by atoms with E-state index in [0.29, 0.717) is 11.8 Å². The normalized spacial score (nSPS) is 15.7. The van der Waals surface area contributed by atoms with Gasteiger partial charge >= 0.3 is 0 Å². The lowest BCUT2D eigenvalue weighted by Gasteiger charge is -2.43. The van der Waals surface area contributed by atoms with Crippen LogP contribution in [0.3, 0.4) is 0 Å². The number of aryl methyl sites for hydroxylation is 3. The van der Waals surface area contributed by atoms with E-state index in [9.17, 15) is 0 Å². The van der Waals surface area contributed by atoms with Crippen LogP contribution in [-0.4, -0.2) is 0 Å². The third-order valence-corrected chi connectivity index (χ3v) is 18.9. The summed E-state index contributed by atoms with van der Waals surface area (Å²) in [6.07, 6.45) is 1.92. The third-order valence-electron chi connectivity index (χ3n) is 18.9. The van der Waals surface area contributed by atoms with Gasteiger partial charge in [0.2, 0.25) is 0 Å². The Labute approximate surface area is 440 Å². The zero-order valence-electron chi connectivity index (χ0n) is 46.0. The van der Waals surface area contributed by atoms with Gasteiger partial charge in [-0.15, -0.1) is 0 Å². The summed E-state index contributed by atoms with van der Waals surface area (Å²) < 4.78 is 0. The van der Waals surface area contributed by atoms with Gasteiger partial charge in [-0.05, 0) is 183 Å². The van der Waals surface area contributed by atoms with Crippen molar-refractivity contribution in [1.29, 1.82) is 0 Å². The van der Waals surface area contributed by atoms with Crippen molar-refractivity contribution in [3.63, 3.8) is 0 Å². The second-order valence-electron chi connectivity index (χ2n) is 25.2. The molecule has 10 aromatic carbocycles. The van der Waals surface area contributed by atoms with Crippen LogP contribution in [0.1, 0.15) is 167 Å². The van der Waals surface area contributed by atoms with Crippen molar-refractivity contribution in [2.24, 2.45) is 0 Å². The van der Waals surface area contributed by atoms with Gasteiger partial charge in [-0.25, -0.2) is 0 Å². The summed E-state index contributed by atoms with van der Waals surface area (Å²) in [7, 11) is 0. The molecule has 0 amide bonds. The molecule has 0 atom stereocenters. The molecule has 0 radical (unpaired) electrons. The average molecular weight is 962 g/mol. The van der Waals surface area contributed by atoms with Crippen LogP contribution in [0.25, 0.3) is 54.6 Å². The number of anilines is 3. The van der Waals surface area contributed by atoms with Crippen LogP contribution in [0, 0.1) is 6.92 Å². The molecule has 0 N–H and O–H groups in total. The number of para-hydroxylation sites is 1. The largest absolute Gasteiger partial charge is 0.309 e. The Morgan fingerprint density at radius 3 is 1.57 bits per heavy atom. The molecule has 368 valence electrons. The fourth-order valence-corrected chi connectivity index (χ4v) is 14.9. The number of fused-ring (bicyclic) bond motifs is 8. The SMILES string of the molecule is Cc1cc2c(cc1C(C)(C)c1ccccc1CCc1ccc3cc(C(C)C)c4c(N5c6ccccc6C(C)(C)c6cc7c(cc65)C(C)(C)c5ccccc5-7)ccc5cc(C(C)C)c1c3c54)-c1ccccc1C2(C)C. The second-order valence-corrected chi connectivity index (χ2v) is 25.2. The molecule has 1 heterocycles. The Morgan fingerprint density at radius 1 is 0.392 bits per heavy atom. The fraction of sp³-hybridized carbons (Fsp3) is 0.288. The molecular weight excluding hydrogens is 891 g/mol. The van der Waals surface area contributed by atoms with E-state index in [1.165, 1.54) is 144 Å². The van der Waals surface area contributed by atoms with Crippen molar-refractivity contribution in [1.82, 2.24) is 0 Å². The summed E-state index contributed by atoms with van der Waals surface area (Å²) in [5, 5.41) is 8.35. The molecule has 0 saturated carbocycles. The minimum absolute atomic E-state index is 0.0163. The van der Waals surface area contributed by atoms with Crippen LogP contribution in [0.4, 0.5) is 17.1 Å². The van der Waals surface area contributed by atoms with Gasteiger partial charge in [0.15, 0.2) is 0 Å².